The highest BCUT2D eigenvalue weighted by atomic mass is 17.0. The first-order valence-corrected chi connectivity index (χ1v) is 4.52. The fourth-order valence-electron chi connectivity index (χ4n) is 1.86. The Hall–Kier alpha value is -1.61. The molecule has 2 rings (SSSR count). The average molecular weight is 235 g/mol. The molecule has 0 bridgehead atoms. The molecule has 90 valence electrons. The van der Waals surface area contributed by atoms with Crippen LogP contribution in [-0.4, -0.2) is 54.0 Å². The molecular weight excluding hydrogens is 226 g/mol. The van der Waals surface area contributed by atoms with Gasteiger partial charge in [0, 0.05) is 0 Å². The molecule has 0 aromatic heterocycles. The molecule has 0 aromatic carbocycles. The Morgan fingerprint density at radius 1 is 1.31 bits per heavy atom. The Kier molecular flexibility index (Phi) is 2.79. The minimum atomic E-state index is -1.43. The van der Waals surface area contributed by atoms with E-state index >= 15 is 0 Å². The van der Waals surface area contributed by atoms with Crippen LogP contribution in [0.1, 0.15) is 0 Å². The highest BCUT2D eigenvalue weighted by Gasteiger charge is 2.51. The molecule has 2 heterocycles. The van der Waals surface area contributed by atoms with E-state index in [1.165, 1.54) is 0 Å². The monoisotopic (exact) mass is 235 g/mol. The minimum Gasteiger partial charge on any atom is -0.450 e. The van der Waals surface area contributed by atoms with Crippen LogP contribution in [0.25, 0.3) is 0 Å². The number of hydrogen-bond acceptors (Lipinski definition) is 7. The molecule has 0 saturated carbocycles. The van der Waals surface area contributed by atoms with Gasteiger partial charge in [-0.2, -0.15) is 0 Å². The summed E-state index contributed by atoms with van der Waals surface area (Å²) in [5.41, 5.74) is 0. The zero-order chi connectivity index (χ0) is 11.7. The molecule has 0 unspecified atom stereocenters. The molecule has 2 fully saturated rings. The van der Waals surface area contributed by atoms with Gasteiger partial charge in [0.05, 0.1) is 13.2 Å². The van der Waals surface area contributed by atoms with Gasteiger partial charge in [-0.1, -0.05) is 0 Å². The van der Waals surface area contributed by atoms with Gasteiger partial charge in [0.25, 0.3) is 5.09 Å². The molecule has 16 heavy (non-hydrogen) atoms. The Morgan fingerprint density at radius 3 is 2.44 bits per heavy atom. The summed E-state index contributed by atoms with van der Waals surface area (Å²) < 4.78 is 14.8. The van der Waals surface area contributed by atoms with Crippen LogP contribution in [0.4, 0.5) is 4.79 Å². The minimum absolute atomic E-state index is 0.0131. The van der Waals surface area contributed by atoms with Crippen molar-refractivity contribution in [2.24, 2.45) is 0 Å². The number of carboxylic acid groups (broad SMARTS) is 1. The van der Waals surface area contributed by atoms with Crippen molar-refractivity contribution in [3.63, 3.8) is 0 Å². The van der Waals surface area contributed by atoms with Crippen molar-refractivity contribution in [2.45, 2.75) is 24.4 Å². The molecular formula is C7H9NO8. The fraction of sp³-hybridized carbons (Fsp3) is 0.857. The number of hydrogen-bond donors (Lipinski definition) is 1. The predicted octanol–water partition coefficient (Wildman–Crippen LogP) is -0.576. The lowest BCUT2D eigenvalue weighted by atomic mass is 10.1. The van der Waals surface area contributed by atoms with E-state index in [2.05, 4.69) is 9.57 Å². The molecule has 2 aliphatic heterocycles. The van der Waals surface area contributed by atoms with Crippen molar-refractivity contribution in [1.29, 1.82) is 0 Å². The SMILES string of the molecule is O=C(O)O[C@H]1CO[C@H]2[C@@H]1OC[C@H]2O[N+](=O)[O-]. The molecule has 0 spiro atoms. The molecule has 0 radical (unpaired) electrons. The third-order valence-electron chi connectivity index (χ3n) is 2.44. The zero-order valence-corrected chi connectivity index (χ0v) is 7.98. The second-order valence-corrected chi connectivity index (χ2v) is 3.39. The molecule has 1 N–H and O–H groups in total. The van der Waals surface area contributed by atoms with Crippen LogP contribution in [0.3, 0.4) is 0 Å². The van der Waals surface area contributed by atoms with Gasteiger partial charge < -0.3 is 24.2 Å². The molecule has 4 atom stereocenters. The van der Waals surface area contributed by atoms with E-state index in [9.17, 15) is 14.9 Å². The number of carbonyl (C=O) groups is 1. The third kappa shape index (κ3) is 1.99. The van der Waals surface area contributed by atoms with Crippen LogP contribution in [0, 0.1) is 10.1 Å². The lowest BCUT2D eigenvalue weighted by Crippen LogP contribution is -2.35. The first kappa shape index (κ1) is 10.9. The highest BCUT2D eigenvalue weighted by Crippen LogP contribution is 2.30. The molecule has 2 aliphatic rings. The lowest BCUT2D eigenvalue weighted by molar-refractivity contribution is -0.769. The van der Waals surface area contributed by atoms with Gasteiger partial charge >= 0.3 is 6.16 Å². The summed E-state index contributed by atoms with van der Waals surface area (Å²) in [6.07, 6.45) is -4.32. The van der Waals surface area contributed by atoms with Crippen LogP contribution in [0.15, 0.2) is 0 Å². The second kappa shape index (κ2) is 4.10. The molecule has 0 aliphatic carbocycles. The van der Waals surface area contributed by atoms with Gasteiger partial charge in [-0.3, -0.25) is 0 Å². The van der Waals surface area contributed by atoms with Gasteiger partial charge in [0.1, 0.15) is 12.2 Å². The fourth-order valence-corrected chi connectivity index (χ4v) is 1.86. The quantitative estimate of drug-likeness (QED) is 0.392. The van der Waals surface area contributed by atoms with Crippen molar-refractivity contribution in [1.82, 2.24) is 0 Å². The Bertz CT molecular complexity index is 277. The molecule has 2 saturated heterocycles. The van der Waals surface area contributed by atoms with E-state index in [-0.39, 0.29) is 13.2 Å². The van der Waals surface area contributed by atoms with E-state index in [0.717, 1.165) is 0 Å². The first-order valence-electron chi connectivity index (χ1n) is 4.52. The van der Waals surface area contributed by atoms with Gasteiger partial charge in [0.2, 0.25) is 0 Å². The van der Waals surface area contributed by atoms with Crippen LogP contribution in [-0.2, 0) is 19.0 Å². The number of fused-ring (bicyclic) bond motifs is 1. The van der Waals surface area contributed by atoms with E-state index < -0.39 is 35.7 Å². The van der Waals surface area contributed by atoms with Crippen molar-refractivity contribution in [2.75, 3.05) is 13.2 Å². The number of nitrogens with zero attached hydrogens (tertiary/aromatic N) is 1. The topological polar surface area (TPSA) is 117 Å². The van der Waals surface area contributed by atoms with Crippen LogP contribution in [0.2, 0.25) is 0 Å². The maximum absolute atomic E-state index is 10.3. The normalized spacial score (nSPS) is 36.8. The van der Waals surface area contributed by atoms with Crippen molar-refractivity contribution >= 4 is 6.16 Å². The third-order valence-corrected chi connectivity index (χ3v) is 2.44. The number of ether oxygens (including phenoxy) is 3. The smallest absolute Gasteiger partial charge is 0.450 e. The van der Waals surface area contributed by atoms with Crippen LogP contribution in [0.5, 0.6) is 0 Å². The van der Waals surface area contributed by atoms with Crippen LogP contribution < -0.4 is 0 Å². The summed E-state index contributed by atoms with van der Waals surface area (Å²) >= 11 is 0. The lowest BCUT2D eigenvalue weighted by Gasteiger charge is -2.14. The largest absolute Gasteiger partial charge is 0.506 e. The van der Waals surface area contributed by atoms with Crippen molar-refractivity contribution < 1.29 is 34.0 Å². The summed E-state index contributed by atoms with van der Waals surface area (Å²) in [5.74, 6) is 0. The average Bonchev–Trinajstić information content (AvgIpc) is 2.70. The van der Waals surface area contributed by atoms with Gasteiger partial charge in [-0.25, -0.2) is 4.79 Å². The number of rotatable bonds is 3. The van der Waals surface area contributed by atoms with Crippen LogP contribution >= 0.6 is 0 Å². The summed E-state index contributed by atoms with van der Waals surface area (Å²) in [5, 5.41) is 17.7. The molecule has 0 amide bonds. The molecule has 0 aromatic rings. The highest BCUT2D eigenvalue weighted by molar-refractivity contribution is 5.57. The molecule has 9 heteroatoms. The standard InChI is InChI=1S/C7H9NO8/c9-7(10)15-3-1-13-6-4(16-8(11)12)2-14-5(3)6/h3-6H,1-2H2,(H,9,10)/t3-,4+,5+,6+/m0/s1. The van der Waals surface area contributed by atoms with Crippen molar-refractivity contribution in [3.05, 3.63) is 10.1 Å². The van der Waals surface area contributed by atoms with Gasteiger partial charge in [-0.15, -0.1) is 10.1 Å². The Balaban J connectivity index is 1.95. The van der Waals surface area contributed by atoms with Gasteiger partial charge in [0.15, 0.2) is 12.2 Å². The predicted molar refractivity (Wildman–Crippen MR) is 44.2 cm³/mol. The van der Waals surface area contributed by atoms with E-state index in [1.807, 2.05) is 0 Å². The maximum Gasteiger partial charge on any atom is 0.506 e. The Labute approximate surface area is 88.9 Å². The zero-order valence-electron chi connectivity index (χ0n) is 7.98. The summed E-state index contributed by atoms with van der Waals surface area (Å²) in [7, 11) is 0. The van der Waals surface area contributed by atoms with E-state index in [1.54, 1.807) is 0 Å². The summed E-state index contributed by atoms with van der Waals surface area (Å²) in [6, 6.07) is 0. The Morgan fingerprint density at radius 2 is 1.88 bits per heavy atom. The second-order valence-electron chi connectivity index (χ2n) is 3.39. The van der Waals surface area contributed by atoms with E-state index in [4.69, 9.17) is 14.6 Å². The molecule has 9 nitrogen and oxygen atoms in total. The van der Waals surface area contributed by atoms with Gasteiger partial charge in [-0.05, 0) is 0 Å². The summed E-state index contributed by atoms with van der Waals surface area (Å²) in [4.78, 5) is 24.8. The van der Waals surface area contributed by atoms with E-state index in [0.29, 0.717) is 0 Å². The van der Waals surface area contributed by atoms with Crippen molar-refractivity contribution in [3.8, 4) is 0 Å². The summed E-state index contributed by atoms with van der Waals surface area (Å²) in [6.45, 7) is -0.00496. The first-order chi connectivity index (χ1) is 7.58. The maximum atomic E-state index is 10.3.